The van der Waals surface area contributed by atoms with Crippen molar-refractivity contribution in [1.29, 1.82) is 0 Å². The van der Waals surface area contributed by atoms with Crippen molar-refractivity contribution in [3.8, 4) is 11.5 Å². The summed E-state index contributed by atoms with van der Waals surface area (Å²) < 4.78 is 6.17. The largest absolute Gasteiger partial charge is 0.457 e. The van der Waals surface area contributed by atoms with E-state index in [2.05, 4.69) is 61.9 Å². The maximum Gasteiger partial charge on any atom is 0.132 e. The molecule has 0 aromatic heterocycles. The van der Waals surface area contributed by atoms with Crippen molar-refractivity contribution < 1.29 is 4.74 Å². The van der Waals surface area contributed by atoms with Crippen LogP contribution in [0.4, 0.5) is 11.4 Å². The van der Waals surface area contributed by atoms with Crippen molar-refractivity contribution >= 4 is 11.4 Å². The van der Waals surface area contributed by atoms with Crippen LogP contribution in [0.25, 0.3) is 0 Å². The van der Waals surface area contributed by atoms with Crippen LogP contribution in [0, 0.1) is 0 Å². The lowest BCUT2D eigenvalue weighted by Gasteiger charge is -2.41. The van der Waals surface area contributed by atoms with E-state index >= 15 is 0 Å². The van der Waals surface area contributed by atoms with E-state index in [9.17, 15) is 0 Å². The molecular formula is C22H24N6O. The average Bonchev–Trinajstić information content (AvgIpc) is 3.44. The van der Waals surface area contributed by atoms with Crippen LogP contribution in [0.15, 0.2) is 71.4 Å². The molecule has 0 N–H and O–H groups in total. The molecule has 2 atom stereocenters. The Morgan fingerprint density at radius 3 is 2.41 bits per heavy atom. The topological polar surface area (TPSA) is 46.9 Å². The molecule has 7 nitrogen and oxygen atoms in total. The van der Waals surface area contributed by atoms with Gasteiger partial charge in [0, 0.05) is 30.2 Å². The van der Waals surface area contributed by atoms with Gasteiger partial charge in [0.1, 0.15) is 18.2 Å². The van der Waals surface area contributed by atoms with Gasteiger partial charge >= 0.3 is 0 Å². The minimum Gasteiger partial charge on any atom is -0.457 e. The van der Waals surface area contributed by atoms with E-state index in [1.165, 1.54) is 19.3 Å². The summed E-state index contributed by atoms with van der Waals surface area (Å²) in [6.45, 7) is 1.53. The highest BCUT2D eigenvalue weighted by Gasteiger charge is 2.37. The van der Waals surface area contributed by atoms with E-state index in [-0.39, 0.29) is 0 Å². The lowest BCUT2D eigenvalue weighted by atomic mass is 9.89. The summed E-state index contributed by atoms with van der Waals surface area (Å²) in [5.74, 6) is 1.64. The van der Waals surface area contributed by atoms with Crippen LogP contribution < -0.4 is 14.6 Å². The number of hydrogen-bond acceptors (Lipinski definition) is 7. The van der Waals surface area contributed by atoms with Crippen molar-refractivity contribution in [2.45, 2.75) is 37.8 Å². The summed E-state index contributed by atoms with van der Waals surface area (Å²) in [7, 11) is 0. The van der Waals surface area contributed by atoms with Crippen molar-refractivity contribution in [3.63, 3.8) is 0 Å². The van der Waals surface area contributed by atoms with Gasteiger partial charge in [0.15, 0.2) is 0 Å². The van der Waals surface area contributed by atoms with Crippen LogP contribution >= 0.6 is 0 Å². The van der Waals surface area contributed by atoms with Crippen molar-refractivity contribution in [2.24, 2.45) is 10.4 Å². The minimum absolute atomic E-state index is 0.373. The Morgan fingerprint density at radius 2 is 1.55 bits per heavy atom. The van der Waals surface area contributed by atoms with Crippen molar-refractivity contribution in [1.82, 2.24) is 9.91 Å². The smallest absolute Gasteiger partial charge is 0.132 e. The van der Waals surface area contributed by atoms with Gasteiger partial charge in [0.05, 0.1) is 24.4 Å². The van der Waals surface area contributed by atoms with Crippen LogP contribution in [-0.2, 0) is 0 Å². The van der Waals surface area contributed by atoms with Crippen LogP contribution in [0.3, 0.4) is 0 Å². The Morgan fingerprint density at radius 1 is 0.793 bits per heavy atom. The highest BCUT2D eigenvalue weighted by molar-refractivity contribution is 5.56. The first kappa shape index (κ1) is 16.7. The highest BCUT2D eigenvalue weighted by atomic mass is 16.5. The first-order valence-electron chi connectivity index (χ1n) is 10.4. The number of rotatable bonds is 0. The predicted molar refractivity (Wildman–Crippen MR) is 111 cm³/mol. The summed E-state index contributed by atoms with van der Waals surface area (Å²) in [6.07, 6.45) is 9.27. The predicted octanol–water partition coefficient (Wildman–Crippen LogP) is 4.72. The number of fused-ring (bicyclic) bond motifs is 13. The van der Waals surface area contributed by atoms with Gasteiger partial charge < -0.3 is 14.5 Å². The maximum absolute atomic E-state index is 6.17. The molecule has 0 radical (unpaired) electrons. The van der Waals surface area contributed by atoms with Gasteiger partial charge in [0.2, 0.25) is 0 Å². The molecule has 0 saturated heterocycles. The second-order valence-corrected chi connectivity index (χ2v) is 8.10. The first-order valence-corrected chi connectivity index (χ1v) is 10.4. The molecule has 0 amide bonds. The minimum atomic E-state index is 0.373. The molecule has 3 heterocycles. The van der Waals surface area contributed by atoms with Crippen LogP contribution in [0.5, 0.6) is 11.5 Å². The Kier molecular flexibility index (Phi) is 3.85. The Labute approximate surface area is 170 Å². The Hall–Kier alpha value is -3.22. The lowest BCUT2D eigenvalue weighted by Crippen LogP contribution is -2.51. The van der Waals surface area contributed by atoms with Crippen LogP contribution in [0.2, 0.25) is 0 Å². The fraction of sp³-hybridized carbons (Fsp3) is 0.364. The molecule has 0 spiro atoms. The summed E-state index contributed by atoms with van der Waals surface area (Å²) >= 11 is 0. The molecule has 1 fully saturated rings. The fourth-order valence-electron chi connectivity index (χ4n) is 4.81. The third kappa shape index (κ3) is 2.97. The fourth-order valence-corrected chi connectivity index (χ4v) is 4.81. The second-order valence-electron chi connectivity index (χ2n) is 8.10. The van der Waals surface area contributed by atoms with E-state index in [1.54, 1.807) is 0 Å². The lowest BCUT2D eigenvalue weighted by molar-refractivity contribution is 0.0856. The third-order valence-electron chi connectivity index (χ3n) is 6.30. The molecule has 4 aliphatic rings. The zero-order valence-corrected chi connectivity index (χ0v) is 16.3. The summed E-state index contributed by atoms with van der Waals surface area (Å²) in [4.78, 5) is 4.75. The van der Waals surface area contributed by atoms with Crippen LogP contribution in [0.1, 0.15) is 25.7 Å². The molecule has 2 aromatic carbocycles. The molecule has 2 unspecified atom stereocenters. The number of hydrogen-bond donors (Lipinski definition) is 0. The number of nitrogens with zero attached hydrogens (tertiary/aromatic N) is 6. The zero-order valence-electron chi connectivity index (χ0n) is 16.3. The van der Waals surface area contributed by atoms with E-state index < -0.39 is 0 Å². The molecule has 7 heteroatoms. The van der Waals surface area contributed by atoms with E-state index in [0.29, 0.717) is 18.8 Å². The van der Waals surface area contributed by atoms with Crippen LogP contribution in [-0.4, -0.2) is 35.3 Å². The molecule has 29 heavy (non-hydrogen) atoms. The summed E-state index contributed by atoms with van der Waals surface area (Å²) in [6, 6.07) is 17.2. The van der Waals surface area contributed by atoms with Crippen molar-refractivity contribution in [3.05, 3.63) is 60.9 Å². The van der Waals surface area contributed by atoms with Gasteiger partial charge in [0.25, 0.3) is 0 Å². The van der Waals surface area contributed by atoms with Gasteiger partial charge in [-0.3, -0.25) is 5.01 Å². The normalized spacial score (nSPS) is 24.8. The van der Waals surface area contributed by atoms with Gasteiger partial charge in [-0.15, -0.1) is 0 Å². The number of anilines is 2. The second kappa shape index (κ2) is 6.69. The van der Waals surface area contributed by atoms with E-state index in [4.69, 9.17) is 4.74 Å². The molecule has 8 bridgehead atoms. The molecule has 1 aliphatic carbocycles. The summed E-state index contributed by atoms with van der Waals surface area (Å²) in [5.41, 5.74) is 2.14. The quantitative estimate of drug-likeness (QED) is 0.654. The zero-order chi connectivity index (χ0) is 19.2. The monoisotopic (exact) mass is 388 g/mol. The Bertz CT molecular complexity index is 898. The van der Waals surface area contributed by atoms with Gasteiger partial charge in [-0.1, -0.05) is 30.2 Å². The summed E-state index contributed by atoms with van der Waals surface area (Å²) in [5, 5.41) is 13.1. The number of benzene rings is 2. The van der Waals surface area contributed by atoms with Gasteiger partial charge in [-0.25, -0.2) is 5.01 Å². The molecule has 148 valence electrons. The Balaban J connectivity index is 1.42. The highest BCUT2D eigenvalue weighted by Crippen LogP contribution is 2.35. The van der Waals surface area contributed by atoms with Gasteiger partial charge in [-0.05, 0) is 42.3 Å². The third-order valence-corrected chi connectivity index (χ3v) is 6.30. The molecule has 6 rings (SSSR count). The molecule has 1 saturated carbocycles. The standard InChI is InChI=1S/C22H24N6O/c1-2-10-22-21(9-1)26-12-11-25(15-26)17-5-3-7-19(13-17)29-20-8-4-6-18(14-20)27-16-28(22)24-23-27/h3-8,11-14,21-22H,1-2,9-10,15-16H2. The first-order chi connectivity index (χ1) is 14.3. The number of ether oxygens (including phenoxy) is 1. The average molecular weight is 388 g/mol. The molecule has 3 aliphatic heterocycles. The maximum atomic E-state index is 6.17. The van der Waals surface area contributed by atoms with Gasteiger partial charge in [-0.2, -0.15) is 0 Å². The van der Waals surface area contributed by atoms with E-state index in [0.717, 1.165) is 36.0 Å². The van der Waals surface area contributed by atoms with E-state index in [1.807, 2.05) is 29.3 Å². The SMILES string of the molecule is C1=CN2CN1c1cccc(c1)Oc1cccc(c1)N1CN(N=N1)C1CCCCC12. The molecule has 2 aromatic rings. The molecular weight excluding hydrogens is 364 g/mol. The van der Waals surface area contributed by atoms with Crippen molar-refractivity contribution in [2.75, 3.05) is 23.2 Å².